The van der Waals surface area contributed by atoms with E-state index in [-0.39, 0.29) is 16.8 Å². The summed E-state index contributed by atoms with van der Waals surface area (Å²) in [7, 11) is -4.03. The Morgan fingerprint density at radius 3 is 2.33 bits per heavy atom. The second-order valence-electron chi connectivity index (χ2n) is 5.21. The molecule has 1 atom stereocenters. The van der Waals surface area contributed by atoms with Gasteiger partial charge in [-0.3, -0.25) is 4.57 Å². The third-order valence-corrected chi connectivity index (χ3v) is 4.58. The summed E-state index contributed by atoms with van der Waals surface area (Å²) in [5.74, 6) is 0.331. The Morgan fingerprint density at radius 2 is 1.83 bits per heavy atom. The molecule has 0 aliphatic rings. The van der Waals surface area contributed by atoms with Gasteiger partial charge in [-0.05, 0) is 56.2 Å². The van der Waals surface area contributed by atoms with Crippen molar-refractivity contribution >= 4 is 12.8 Å². The lowest BCUT2D eigenvalue weighted by Crippen LogP contribution is -2.16. The number of benzene rings is 2. The summed E-state index contributed by atoms with van der Waals surface area (Å²) < 4.78 is 36.5. The molecule has 0 radical (unpaired) electrons. The first kappa shape index (κ1) is 18.4. The molecule has 0 saturated heterocycles. The van der Waals surface area contributed by atoms with Crippen LogP contribution in [0.25, 0.3) is 0 Å². The highest BCUT2D eigenvalue weighted by Gasteiger charge is 2.22. The maximum absolute atomic E-state index is 13.9. The van der Waals surface area contributed by atoms with E-state index in [1.54, 1.807) is 26.8 Å². The molecule has 2 aromatic carbocycles. The van der Waals surface area contributed by atoms with Crippen molar-refractivity contribution in [1.29, 1.82) is 0 Å². The minimum atomic E-state index is -4.03. The fraction of sp³-hybridized carbons (Fsp3) is 0.250. The molecule has 0 heterocycles. The van der Waals surface area contributed by atoms with E-state index in [2.05, 4.69) is 0 Å². The van der Waals surface area contributed by atoms with Gasteiger partial charge in [-0.1, -0.05) is 0 Å². The van der Waals surface area contributed by atoms with Gasteiger partial charge in [-0.25, -0.2) is 4.39 Å². The van der Waals surface area contributed by atoms with Crippen LogP contribution >= 0.6 is 7.52 Å². The van der Waals surface area contributed by atoms with Crippen molar-refractivity contribution in [2.75, 3.05) is 6.61 Å². The van der Waals surface area contributed by atoms with Gasteiger partial charge in [0.05, 0.1) is 11.9 Å². The van der Waals surface area contributed by atoms with Gasteiger partial charge < -0.3 is 19.6 Å². The van der Waals surface area contributed by atoms with E-state index in [0.717, 1.165) is 0 Å². The highest BCUT2D eigenvalue weighted by Crippen LogP contribution is 2.37. The normalized spacial score (nSPS) is 13.4. The maximum atomic E-state index is 13.9. The van der Waals surface area contributed by atoms with Crippen LogP contribution in [0.2, 0.25) is 0 Å². The van der Waals surface area contributed by atoms with E-state index in [1.165, 1.54) is 29.5 Å². The maximum Gasteiger partial charge on any atom is 0.319 e. The molecule has 6 nitrogen and oxygen atoms in total. The van der Waals surface area contributed by atoms with E-state index in [1.807, 2.05) is 0 Å². The number of rotatable bonds is 6. The molecular weight excluding hydrogens is 336 g/mol. The third-order valence-electron chi connectivity index (χ3n) is 3.35. The van der Waals surface area contributed by atoms with Crippen molar-refractivity contribution in [1.82, 2.24) is 5.25 Å². The van der Waals surface area contributed by atoms with Crippen LogP contribution in [-0.2, 0) is 4.57 Å². The van der Waals surface area contributed by atoms with Crippen LogP contribution in [0.15, 0.2) is 30.3 Å². The van der Waals surface area contributed by atoms with Crippen molar-refractivity contribution < 1.29 is 28.5 Å². The quantitative estimate of drug-likeness (QED) is 0.544. The lowest BCUT2D eigenvalue weighted by atomic mass is 10.1. The number of nitrogens with one attached hydrogen (secondary N) is 1. The Kier molecular flexibility index (Phi) is 5.62. The molecule has 0 saturated carbocycles. The number of ether oxygens (including phenoxy) is 2. The highest BCUT2D eigenvalue weighted by atomic mass is 31.2. The van der Waals surface area contributed by atoms with Crippen LogP contribution in [0.5, 0.6) is 17.2 Å². The number of hydrogen-bond donors (Lipinski definition) is 3. The van der Waals surface area contributed by atoms with Crippen LogP contribution in [-0.4, -0.2) is 16.7 Å². The SMILES string of the molecule is CCOc1ccc(Oc2c(C)cc(P(=O)(O)NO)cc2C)cc1F. The topological polar surface area (TPSA) is 88.0 Å². The van der Waals surface area contributed by atoms with Crippen LogP contribution in [0.1, 0.15) is 18.1 Å². The van der Waals surface area contributed by atoms with E-state index in [4.69, 9.17) is 14.7 Å². The molecule has 0 spiro atoms. The van der Waals surface area contributed by atoms with Gasteiger partial charge in [-0.15, -0.1) is 5.25 Å². The molecule has 0 aliphatic heterocycles. The minimum Gasteiger partial charge on any atom is -0.491 e. The first-order valence-corrected chi connectivity index (χ1v) is 8.90. The monoisotopic (exact) mass is 355 g/mol. The first-order valence-electron chi connectivity index (χ1n) is 7.24. The van der Waals surface area contributed by atoms with Gasteiger partial charge in [-0.2, -0.15) is 0 Å². The van der Waals surface area contributed by atoms with E-state index < -0.39 is 13.3 Å². The highest BCUT2D eigenvalue weighted by molar-refractivity contribution is 7.63. The molecule has 130 valence electrons. The Bertz CT molecular complexity index is 773. The Balaban J connectivity index is 2.34. The Labute approximate surface area is 139 Å². The van der Waals surface area contributed by atoms with Gasteiger partial charge in [0.25, 0.3) is 0 Å². The predicted octanol–water partition coefficient (Wildman–Crippen LogP) is 3.42. The molecule has 2 rings (SSSR count). The van der Waals surface area contributed by atoms with Gasteiger partial charge in [0, 0.05) is 6.07 Å². The van der Waals surface area contributed by atoms with Crippen LogP contribution < -0.4 is 20.0 Å². The van der Waals surface area contributed by atoms with E-state index in [9.17, 15) is 13.8 Å². The predicted molar refractivity (Wildman–Crippen MR) is 87.9 cm³/mol. The Hall–Kier alpha value is -1.92. The van der Waals surface area contributed by atoms with E-state index in [0.29, 0.717) is 23.5 Å². The second-order valence-corrected chi connectivity index (χ2v) is 7.08. The first-order chi connectivity index (χ1) is 11.3. The lowest BCUT2D eigenvalue weighted by Gasteiger charge is -2.16. The summed E-state index contributed by atoms with van der Waals surface area (Å²) in [6.07, 6.45) is 0. The fourth-order valence-corrected chi connectivity index (χ4v) is 3.11. The molecule has 0 amide bonds. The van der Waals surface area contributed by atoms with E-state index >= 15 is 0 Å². The summed E-state index contributed by atoms with van der Waals surface area (Å²) in [5, 5.41) is 10.2. The zero-order chi connectivity index (χ0) is 17.9. The van der Waals surface area contributed by atoms with Crippen molar-refractivity contribution in [3.63, 3.8) is 0 Å². The third kappa shape index (κ3) is 3.94. The molecule has 1 unspecified atom stereocenters. The summed E-state index contributed by atoms with van der Waals surface area (Å²) in [5.41, 5.74) is 1.15. The minimum absolute atomic E-state index is 0.0465. The molecule has 0 fully saturated rings. The van der Waals surface area contributed by atoms with Crippen molar-refractivity contribution in [3.8, 4) is 17.2 Å². The summed E-state index contributed by atoms with van der Waals surface area (Å²) in [6.45, 7) is 5.50. The molecular formula is C16H19FNO5P. The van der Waals surface area contributed by atoms with Gasteiger partial charge in [0.2, 0.25) is 0 Å². The fourth-order valence-electron chi connectivity index (χ4n) is 2.26. The molecule has 2 aromatic rings. The zero-order valence-corrected chi connectivity index (χ0v) is 14.4. The number of hydrogen-bond acceptors (Lipinski definition) is 4. The lowest BCUT2D eigenvalue weighted by molar-refractivity contribution is 0.226. The Morgan fingerprint density at radius 1 is 1.21 bits per heavy atom. The smallest absolute Gasteiger partial charge is 0.319 e. The molecule has 0 bridgehead atoms. The van der Waals surface area contributed by atoms with Gasteiger partial charge in [0.1, 0.15) is 11.5 Å². The van der Waals surface area contributed by atoms with Gasteiger partial charge >= 0.3 is 7.52 Å². The average molecular weight is 355 g/mol. The van der Waals surface area contributed by atoms with Crippen molar-refractivity contribution in [2.24, 2.45) is 0 Å². The van der Waals surface area contributed by atoms with Crippen molar-refractivity contribution in [3.05, 3.63) is 47.3 Å². The average Bonchev–Trinajstić information content (AvgIpc) is 2.53. The molecule has 0 aromatic heterocycles. The molecule has 8 heteroatoms. The zero-order valence-electron chi connectivity index (χ0n) is 13.5. The molecule has 0 aliphatic carbocycles. The van der Waals surface area contributed by atoms with Crippen LogP contribution in [0, 0.1) is 19.7 Å². The van der Waals surface area contributed by atoms with Gasteiger partial charge in [0.15, 0.2) is 11.6 Å². The van der Waals surface area contributed by atoms with Crippen LogP contribution in [0.4, 0.5) is 4.39 Å². The standard InChI is InChI=1S/C16H19FNO5P/c1-4-22-15-6-5-12(9-14(15)17)23-16-10(2)7-13(8-11(16)3)24(20,21)18-19/h5-9,19H,4H2,1-3H3,(H2,18,20,21). The number of aryl methyl sites for hydroxylation is 2. The largest absolute Gasteiger partial charge is 0.491 e. The molecule has 24 heavy (non-hydrogen) atoms. The summed E-state index contributed by atoms with van der Waals surface area (Å²) >= 11 is 0. The summed E-state index contributed by atoms with van der Waals surface area (Å²) in [4.78, 5) is 9.63. The summed E-state index contributed by atoms with van der Waals surface area (Å²) in [6, 6.07) is 7.12. The van der Waals surface area contributed by atoms with Crippen LogP contribution in [0.3, 0.4) is 0 Å². The molecule has 3 N–H and O–H groups in total. The van der Waals surface area contributed by atoms with Crippen molar-refractivity contribution in [2.45, 2.75) is 20.8 Å². The number of halogens is 1. The second kappa shape index (κ2) is 7.32.